The van der Waals surface area contributed by atoms with E-state index in [1.54, 1.807) is 0 Å². The molecule has 0 heterocycles. The Balaban J connectivity index is 1.70. The van der Waals surface area contributed by atoms with E-state index in [4.69, 9.17) is 4.99 Å². The first kappa shape index (κ1) is 19.3. The Bertz CT molecular complexity index is 994. The number of rotatable bonds is 8. The van der Waals surface area contributed by atoms with Crippen LogP contribution in [0.3, 0.4) is 0 Å². The number of benzene rings is 4. The van der Waals surface area contributed by atoms with Gasteiger partial charge in [0.25, 0.3) is 0 Å². The second kappa shape index (κ2) is 9.94. The van der Waals surface area contributed by atoms with E-state index in [2.05, 4.69) is 51.9 Å². The maximum atomic E-state index is 4.71. The molecule has 0 fully saturated rings. The van der Waals surface area contributed by atoms with Gasteiger partial charge in [-0.05, 0) is 48.5 Å². The van der Waals surface area contributed by atoms with Crippen molar-refractivity contribution in [2.75, 3.05) is 15.5 Å². The molecule has 0 aromatic heterocycles. The normalized spacial score (nSPS) is 10.8. The molecule has 148 valence electrons. The highest BCUT2D eigenvalue weighted by Crippen LogP contribution is 2.20. The topological polar surface area (TPSA) is 39.7 Å². The first-order valence-electron chi connectivity index (χ1n) is 9.94. The van der Waals surface area contributed by atoms with Crippen molar-refractivity contribution < 1.29 is 0 Å². The summed E-state index contributed by atoms with van der Waals surface area (Å²) in [5.74, 6) is 0. The Morgan fingerprint density at radius 2 is 1.00 bits per heavy atom. The quantitative estimate of drug-likeness (QED) is 0.208. The molecule has 0 bridgehead atoms. The van der Waals surface area contributed by atoms with Crippen LogP contribution in [0.15, 0.2) is 126 Å². The van der Waals surface area contributed by atoms with Gasteiger partial charge in [0.1, 0.15) is 0 Å². The molecule has 0 saturated heterocycles. The van der Waals surface area contributed by atoms with Crippen molar-refractivity contribution >= 4 is 29.1 Å². The van der Waals surface area contributed by atoms with Crippen molar-refractivity contribution in [3.05, 3.63) is 121 Å². The molecule has 0 aliphatic carbocycles. The van der Waals surface area contributed by atoms with Crippen molar-refractivity contribution in [1.82, 2.24) is 0 Å². The lowest BCUT2D eigenvalue weighted by atomic mass is 10.2. The minimum Gasteiger partial charge on any atom is -0.348 e. The molecule has 0 aliphatic rings. The first-order chi connectivity index (χ1) is 14.9. The fourth-order valence-corrected chi connectivity index (χ4v) is 3.09. The molecule has 4 rings (SSSR count). The number of para-hydroxylation sites is 4. The van der Waals surface area contributed by atoms with Crippen LogP contribution in [0, 0.1) is 0 Å². The van der Waals surface area contributed by atoms with Gasteiger partial charge in [-0.25, -0.2) is 4.99 Å². The van der Waals surface area contributed by atoms with Crippen molar-refractivity contribution in [3.8, 4) is 0 Å². The molecule has 0 spiro atoms. The predicted octanol–water partition coefficient (Wildman–Crippen LogP) is 6.36. The summed E-state index contributed by atoms with van der Waals surface area (Å²) in [7, 11) is 0. The standard InChI is InChI=1S/C26H24N4/c1-5-13-22(14-6-1)27-21-30(25-19-11-4-12-20-25)26(28-23-15-7-2-8-16-23)29-24-17-9-3-10-18-24/h1-21,26,28-29H. The van der Waals surface area contributed by atoms with Gasteiger partial charge in [-0.3, -0.25) is 4.90 Å². The smallest absolute Gasteiger partial charge is 0.181 e. The Morgan fingerprint density at radius 3 is 1.50 bits per heavy atom. The Morgan fingerprint density at radius 1 is 0.567 bits per heavy atom. The van der Waals surface area contributed by atoms with E-state index >= 15 is 0 Å². The lowest BCUT2D eigenvalue weighted by Gasteiger charge is -2.32. The maximum absolute atomic E-state index is 4.71. The summed E-state index contributed by atoms with van der Waals surface area (Å²) < 4.78 is 0. The van der Waals surface area contributed by atoms with E-state index in [0.29, 0.717) is 0 Å². The molecular formula is C26H24N4. The fourth-order valence-electron chi connectivity index (χ4n) is 3.09. The van der Waals surface area contributed by atoms with Crippen molar-refractivity contribution in [2.45, 2.75) is 6.29 Å². The van der Waals surface area contributed by atoms with Crippen LogP contribution >= 0.6 is 0 Å². The third-order valence-corrected chi connectivity index (χ3v) is 4.57. The van der Waals surface area contributed by atoms with E-state index in [-0.39, 0.29) is 6.29 Å². The van der Waals surface area contributed by atoms with Gasteiger partial charge in [0.15, 0.2) is 6.29 Å². The predicted molar refractivity (Wildman–Crippen MR) is 127 cm³/mol. The van der Waals surface area contributed by atoms with Crippen LogP contribution < -0.4 is 15.5 Å². The van der Waals surface area contributed by atoms with Crippen LogP contribution in [0.5, 0.6) is 0 Å². The third kappa shape index (κ3) is 5.26. The molecule has 2 N–H and O–H groups in total. The molecule has 30 heavy (non-hydrogen) atoms. The van der Waals surface area contributed by atoms with Gasteiger partial charge in [0.2, 0.25) is 0 Å². The van der Waals surface area contributed by atoms with Gasteiger partial charge in [0.05, 0.1) is 12.0 Å². The molecule has 4 heteroatoms. The van der Waals surface area contributed by atoms with Gasteiger partial charge in [-0.2, -0.15) is 0 Å². The Kier molecular flexibility index (Phi) is 6.38. The summed E-state index contributed by atoms with van der Waals surface area (Å²) in [4.78, 5) is 6.80. The minimum atomic E-state index is -0.260. The number of nitrogens with zero attached hydrogens (tertiary/aromatic N) is 2. The van der Waals surface area contributed by atoms with E-state index in [0.717, 1.165) is 22.7 Å². The highest BCUT2D eigenvalue weighted by molar-refractivity contribution is 5.83. The summed E-state index contributed by atoms with van der Waals surface area (Å²) >= 11 is 0. The lowest BCUT2D eigenvalue weighted by Crippen LogP contribution is -2.46. The summed E-state index contributed by atoms with van der Waals surface area (Å²) in [6.45, 7) is 0. The van der Waals surface area contributed by atoms with Gasteiger partial charge in [-0.15, -0.1) is 0 Å². The second-order valence-corrected chi connectivity index (χ2v) is 6.75. The van der Waals surface area contributed by atoms with Gasteiger partial charge in [0, 0.05) is 17.1 Å². The van der Waals surface area contributed by atoms with Gasteiger partial charge >= 0.3 is 0 Å². The molecule has 0 radical (unpaired) electrons. The fraction of sp³-hybridized carbons (Fsp3) is 0.0385. The van der Waals surface area contributed by atoms with Crippen LogP contribution in [0.2, 0.25) is 0 Å². The highest BCUT2D eigenvalue weighted by atomic mass is 15.4. The number of anilines is 3. The third-order valence-electron chi connectivity index (χ3n) is 4.57. The Labute approximate surface area is 177 Å². The zero-order valence-corrected chi connectivity index (χ0v) is 16.6. The summed E-state index contributed by atoms with van der Waals surface area (Å²) in [5, 5.41) is 7.17. The van der Waals surface area contributed by atoms with E-state index in [1.807, 2.05) is 91.3 Å². The van der Waals surface area contributed by atoms with Crippen LogP contribution in [0.25, 0.3) is 0 Å². The zero-order valence-electron chi connectivity index (χ0n) is 16.6. The van der Waals surface area contributed by atoms with Gasteiger partial charge in [-0.1, -0.05) is 72.8 Å². The van der Waals surface area contributed by atoms with Crippen molar-refractivity contribution in [3.63, 3.8) is 0 Å². The van der Waals surface area contributed by atoms with Crippen LogP contribution in [0.1, 0.15) is 0 Å². The summed E-state index contributed by atoms with van der Waals surface area (Å²) in [6, 6.07) is 40.5. The van der Waals surface area contributed by atoms with Crippen molar-refractivity contribution in [1.29, 1.82) is 0 Å². The number of nitrogens with one attached hydrogen (secondary N) is 2. The van der Waals surface area contributed by atoms with Crippen LogP contribution in [0.4, 0.5) is 22.7 Å². The molecule has 0 unspecified atom stereocenters. The molecule has 0 amide bonds. The molecule has 4 aromatic rings. The summed E-state index contributed by atoms with van der Waals surface area (Å²) in [5.41, 5.74) is 3.95. The van der Waals surface area contributed by atoms with E-state index in [1.165, 1.54) is 0 Å². The zero-order chi connectivity index (χ0) is 20.4. The SMILES string of the molecule is C(=Nc1ccccc1)N(c1ccccc1)C(Nc1ccccc1)Nc1ccccc1. The van der Waals surface area contributed by atoms with Crippen LogP contribution in [-0.2, 0) is 0 Å². The highest BCUT2D eigenvalue weighted by Gasteiger charge is 2.18. The van der Waals surface area contributed by atoms with Gasteiger partial charge < -0.3 is 10.6 Å². The number of hydrogen-bond donors (Lipinski definition) is 2. The average molecular weight is 393 g/mol. The maximum Gasteiger partial charge on any atom is 0.181 e. The Hall–Kier alpha value is -4.05. The first-order valence-corrected chi connectivity index (χ1v) is 9.94. The molecule has 0 aliphatic heterocycles. The van der Waals surface area contributed by atoms with Crippen molar-refractivity contribution in [2.24, 2.45) is 4.99 Å². The molecular weight excluding hydrogens is 368 g/mol. The second-order valence-electron chi connectivity index (χ2n) is 6.75. The largest absolute Gasteiger partial charge is 0.348 e. The molecule has 4 aromatic carbocycles. The number of hydrogen-bond acceptors (Lipinski definition) is 3. The monoisotopic (exact) mass is 392 g/mol. The average Bonchev–Trinajstić information content (AvgIpc) is 2.82. The van der Waals surface area contributed by atoms with E-state index < -0.39 is 0 Å². The molecule has 4 nitrogen and oxygen atoms in total. The summed E-state index contributed by atoms with van der Waals surface area (Å²) in [6.07, 6.45) is 1.60. The van der Waals surface area contributed by atoms with E-state index in [9.17, 15) is 0 Å². The minimum absolute atomic E-state index is 0.260. The molecule has 0 saturated carbocycles. The number of aliphatic imine (C=N–C) groups is 1. The lowest BCUT2D eigenvalue weighted by molar-refractivity contribution is 0.847. The van der Waals surface area contributed by atoms with Crippen LogP contribution in [-0.4, -0.2) is 12.6 Å². The molecule has 0 atom stereocenters.